The van der Waals surface area contributed by atoms with E-state index in [4.69, 9.17) is 10.00 Å². The molecule has 2 nitrogen and oxygen atoms in total. The van der Waals surface area contributed by atoms with Crippen LogP contribution in [0, 0.1) is 11.3 Å². The average molecular weight is 348 g/mol. The van der Waals surface area contributed by atoms with Crippen molar-refractivity contribution in [2.75, 3.05) is 0 Å². The minimum absolute atomic E-state index is 0.397. The fraction of sp³-hybridized carbons (Fsp3) is 0.458. The molecule has 0 radical (unpaired) electrons. The van der Waals surface area contributed by atoms with Crippen LogP contribution in [0.5, 0.6) is 0 Å². The number of hydrogen-bond acceptors (Lipinski definition) is 2. The van der Waals surface area contributed by atoms with Crippen LogP contribution in [0.1, 0.15) is 69.4 Å². The first-order valence-corrected chi connectivity index (χ1v) is 9.95. The first-order valence-electron chi connectivity index (χ1n) is 9.95. The largest absolute Gasteiger partial charge is 0.375 e. The van der Waals surface area contributed by atoms with Crippen LogP contribution in [0.4, 0.5) is 0 Å². The van der Waals surface area contributed by atoms with Crippen LogP contribution >= 0.6 is 0 Å². The van der Waals surface area contributed by atoms with Gasteiger partial charge in [0.2, 0.25) is 0 Å². The summed E-state index contributed by atoms with van der Waals surface area (Å²) >= 11 is 0. The standard InChI is InChI=1S/C24H29NO/c1-3-4-18(2)26-24-15-13-23(14-16-24)22-11-9-21(10-12-22)20-7-5-19(17-25)6-8-20/h5-12,18,23-24H,3-4,13-16H2,1-2H3. The Kier molecular flexibility index (Phi) is 6.47. The van der Waals surface area contributed by atoms with Crippen molar-refractivity contribution in [2.24, 2.45) is 0 Å². The van der Waals surface area contributed by atoms with Crippen LogP contribution in [0.3, 0.4) is 0 Å². The quantitative estimate of drug-likeness (QED) is 0.601. The van der Waals surface area contributed by atoms with Crippen LogP contribution in [-0.2, 0) is 4.74 Å². The van der Waals surface area contributed by atoms with Crippen molar-refractivity contribution in [3.05, 3.63) is 59.7 Å². The Labute approximate surface area is 157 Å². The second-order valence-electron chi connectivity index (χ2n) is 7.52. The maximum Gasteiger partial charge on any atom is 0.0991 e. The fourth-order valence-corrected chi connectivity index (χ4v) is 4.02. The van der Waals surface area contributed by atoms with E-state index < -0.39 is 0 Å². The van der Waals surface area contributed by atoms with Crippen molar-refractivity contribution in [3.8, 4) is 17.2 Å². The Morgan fingerprint density at radius 2 is 1.54 bits per heavy atom. The maximum absolute atomic E-state index is 8.91. The highest BCUT2D eigenvalue weighted by atomic mass is 16.5. The van der Waals surface area contributed by atoms with Gasteiger partial charge in [-0.25, -0.2) is 0 Å². The third-order valence-electron chi connectivity index (χ3n) is 5.52. The summed E-state index contributed by atoms with van der Waals surface area (Å²) in [5, 5.41) is 8.91. The van der Waals surface area contributed by atoms with Crippen LogP contribution in [0.2, 0.25) is 0 Å². The number of rotatable bonds is 6. The molecular weight excluding hydrogens is 318 g/mol. The molecule has 1 aliphatic rings. The van der Waals surface area contributed by atoms with E-state index in [-0.39, 0.29) is 0 Å². The Morgan fingerprint density at radius 3 is 2.08 bits per heavy atom. The fourth-order valence-electron chi connectivity index (χ4n) is 4.02. The molecule has 1 unspecified atom stereocenters. The minimum Gasteiger partial charge on any atom is -0.375 e. The molecule has 0 aromatic heterocycles. The molecule has 3 rings (SSSR count). The Morgan fingerprint density at radius 1 is 0.962 bits per heavy atom. The lowest BCUT2D eigenvalue weighted by atomic mass is 9.82. The lowest BCUT2D eigenvalue weighted by molar-refractivity contribution is -0.0269. The van der Waals surface area contributed by atoms with E-state index in [9.17, 15) is 0 Å². The summed E-state index contributed by atoms with van der Waals surface area (Å²) in [7, 11) is 0. The van der Waals surface area contributed by atoms with Gasteiger partial charge in [0.05, 0.1) is 23.8 Å². The Hall–Kier alpha value is -2.11. The SMILES string of the molecule is CCCC(C)OC1CCC(c2ccc(-c3ccc(C#N)cc3)cc2)CC1. The van der Waals surface area contributed by atoms with Crippen molar-refractivity contribution in [1.29, 1.82) is 5.26 Å². The number of ether oxygens (including phenoxy) is 1. The van der Waals surface area contributed by atoms with Crippen molar-refractivity contribution in [1.82, 2.24) is 0 Å². The van der Waals surface area contributed by atoms with Crippen LogP contribution in [0.15, 0.2) is 48.5 Å². The van der Waals surface area contributed by atoms with Gasteiger partial charge in [0, 0.05) is 0 Å². The summed E-state index contributed by atoms with van der Waals surface area (Å²) < 4.78 is 6.19. The van der Waals surface area contributed by atoms with Gasteiger partial charge < -0.3 is 4.74 Å². The van der Waals surface area contributed by atoms with E-state index in [0.717, 1.165) is 12.0 Å². The summed E-state index contributed by atoms with van der Waals surface area (Å²) in [5.74, 6) is 0.659. The molecule has 0 aliphatic heterocycles. The van der Waals surface area contributed by atoms with Gasteiger partial charge in [-0.1, -0.05) is 49.7 Å². The summed E-state index contributed by atoms with van der Waals surface area (Å²) in [5.41, 5.74) is 4.53. The van der Waals surface area contributed by atoms with E-state index in [0.29, 0.717) is 23.7 Å². The molecule has 1 atom stereocenters. The van der Waals surface area contributed by atoms with Gasteiger partial charge in [-0.15, -0.1) is 0 Å². The summed E-state index contributed by atoms with van der Waals surface area (Å²) in [6.07, 6.45) is 8.00. The van der Waals surface area contributed by atoms with Crippen molar-refractivity contribution in [3.63, 3.8) is 0 Å². The van der Waals surface area contributed by atoms with E-state index in [1.165, 1.54) is 43.2 Å². The first kappa shape index (κ1) is 18.7. The molecule has 2 heteroatoms. The smallest absolute Gasteiger partial charge is 0.0991 e. The van der Waals surface area contributed by atoms with Crippen LogP contribution < -0.4 is 0 Å². The predicted molar refractivity (Wildman–Crippen MR) is 107 cm³/mol. The van der Waals surface area contributed by atoms with Gasteiger partial charge in [-0.2, -0.15) is 5.26 Å². The van der Waals surface area contributed by atoms with Gasteiger partial charge in [-0.3, -0.25) is 0 Å². The maximum atomic E-state index is 8.91. The van der Waals surface area contributed by atoms with Crippen molar-refractivity contribution < 1.29 is 4.74 Å². The molecule has 0 saturated heterocycles. The van der Waals surface area contributed by atoms with Gasteiger partial charge in [0.1, 0.15) is 0 Å². The highest BCUT2D eigenvalue weighted by Gasteiger charge is 2.24. The molecule has 0 N–H and O–H groups in total. The van der Waals surface area contributed by atoms with E-state index >= 15 is 0 Å². The second-order valence-corrected chi connectivity index (χ2v) is 7.52. The molecule has 136 valence electrons. The molecule has 1 saturated carbocycles. The second kappa shape index (κ2) is 9.01. The zero-order chi connectivity index (χ0) is 18.4. The van der Waals surface area contributed by atoms with Crippen molar-refractivity contribution in [2.45, 2.75) is 70.5 Å². The third-order valence-corrected chi connectivity index (χ3v) is 5.52. The highest BCUT2D eigenvalue weighted by molar-refractivity contribution is 5.64. The zero-order valence-electron chi connectivity index (χ0n) is 15.9. The Balaban J connectivity index is 1.57. The highest BCUT2D eigenvalue weighted by Crippen LogP contribution is 2.35. The molecule has 0 bridgehead atoms. The minimum atomic E-state index is 0.397. The number of nitrogens with zero attached hydrogens (tertiary/aromatic N) is 1. The molecule has 0 heterocycles. The number of benzene rings is 2. The Bertz CT molecular complexity index is 718. The zero-order valence-corrected chi connectivity index (χ0v) is 15.9. The topological polar surface area (TPSA) is 33.0 Å². The third kappa shape index (κ3) is 4.74. The molecule has 2 aromatic rings. The number of hydrogen-bond donors (Lipinski definition) is 0. The molecule has 0 spiro atoms. The van der Waals surface area contributed by atoms with E-state index in [1.807, 2.05) is 24.3 Å². The van der Waals surface area contributed by atoms with Crippen molar-refractivity contribution >= 4 is 0 Å². The van der Waals surface area contributed by atoms with E-state index in [1.54, 1.807) is 0 Å². The lowest BCUT2D eigenvalue weighted by Gasteiger charge is -2.31. The van der Waals surface area contributed by atoms with Crippen LogP contribution in [0.25, 0.3) is 11.1 Å². The monoisotopic (exact) mass is 347 g/mol. The average Bonchev–Trinajstić information content (AvgIpc) is 2.69. The molecule has 2 aromatic carbocycles. The lowest BCUT2D eigenvalue weighted by Crippen LogP contribution is -2.24. The first-order chi connectivity index (χ1) is 12.7. The number of nitriles is 1. The van der Waals surface area contributed by atoms with Gasteiger partial charge in [-0.05, 0) is 73.8 Å². The van der Waals surface area contributed by atoms with E-state index in [2.05, 4.69) is 44.2 Å². The molecule has 0 amide bonds. The predicted octanol–water partition coefficient (Wildman–Crippen LogP) is 6.46. The summed E-state index contributed by atoms with van der Waals surface area (Å²) in [6, 6.07) is 18.9. The molecule has 26 heavy (non-hydrogen) atoms. The van der Waals surface area contributed by atoms with Gasteiger partial charge >= 0.3 is 0 Å². The summed E-state index contributed by atoms with van der Waals surface area (Å²) in [4.78, 5) is 0. The van der Waals surface area contributed by atoms with Gasteiger partial charge in [0.25, 0.3) is 0 Å². The van der Waals surface area contributed by atoms with Crippen LogP contribution in [-0.4, -0.2) is 12.2 Å². The molecular formula is C24H29NO. The molecule has 1 fully saturated rings. The van der Waals surface area contributed by atoms with Gasteiger partial charge in [0.15, 0.2) is 0 Å². The molecule has 1 aliphatic carbocycles. The normalized spacial score (nSPS) is 21.1. The summed E-state index contributed by atoms with van der Waals surface area (Å²) in [6.45, 7) is 4.43.